The second-order valence-corrected chi connectivity index (χ2v) is 2.73. The van der Waals surface area contributed by atoms with E-state index in [2.05, 4.69) is 4.98 Å². The average molecular weight is 161 g/mol. The molecule has 0 bridgehead atoms. The number of pyridine rings is 1. The maximum atomic E-state index is 8.41. The lowest BCUT2D eigenvalue weighted by Gasteiger charge is -2.06. The minimum Gasteiger partial charge on any atom is -0.322 e. The number of nitriles is 1. The highest BCUT2D eigenvalue weighted by molar-refractivity contribution is 5.17. The van der Waals surface area contributed by atoms with Crippen LogP contribution in [-0.2, 0) is 0 Å². The topological polar surface area (TPSA) is 62.7 Å². The number of nitrogens with zero attached hydrogens (tertiary/aromatic N) is 2. The van der Waals surface area contributed by atoms with E-state index in [1.165, 1.54) is 0 Å². The monoisotopic (exact) mass is 161 g/mol. The van der Waals surface area contributed by atoms with Gasteiger partial charge in [0.15, 0.2) is 0 Å². The molecule has 0 unspecified atom stereocenters. The van der Waals surface area contributed by atoms with Gasteiger partial charge in [0.25, 0.3) is 0 Å². The van der Waals surface area contributed by atoms with Gasteiger partial charge in [-0.25, -0.2) is 0 Å². The molecule has 2 N–H and O–H groups in total. The molecule has 0 amide bonds. The molecule has 0 aliphatic rings. The first-order valence-corrected chi connectivity index (χ1v) is 3.79. The molecule has 1 aromatic rings. The smallest absolute Gasteiger partial charge is 0.0642 e. The van der Waals surface area contributed by atoms with Gasteiger partial charge >= 0.3 is 0 Å². The van der Waals surface area contributed by atoms with E-state index in [9.17, 15) is 0 Å². The van der Waals surface area contributed by atoms with Crippen LogP contribution in [0.3, 0.4) is 0 Å². The number of hydrogen-bond donors (Lipinski definition) is 1. The van der Waals surface area contributed by atoms with E-state index >= 15 is 0 Å². The summed E-state index contributed by atoms with van der Waals surface area (Å²) in [5.41, 5.74) is 7.60. The minimum absolute atomic E-state index is 0.255. The standard InChI is InChI=1S/C9H11N3/c1-7-3-5-12-9(6-7)8(11)2-4-10/h3,5-6,8H,2,11H2,1H3/t8-/m0/s1. The van der Waals surface area contributed by atoms with Crippen molar-refractivity contribution in [1.82, 2.24) is 4.98 Å². The van der Waals surface area contributed by atoms with Gasteiger partial charge in [0.1, 0.15) is 0 Å². The highest BCUT2D eigenvalue weighted by atomic mass is 14.8. The van der Waals surface area contributed by atoms with Gasteiger partial charge in [-0.1, -0.05) is 0 Å². The number of nitrogens with two attached hydrogens (primary N) is 1. The SMILES string of the molecule is Cc1ccnc([C@@H](N)CC#N)c1. The lowest BCUT2D eigenvalue weighted by molar-refractivity contribution is 0.719. The normalized spacial score (nSPS) is 12.1. The molecule has 0 aliphatic carbocycles. The van der Waals surface area contributed by atoms with Crippen LogP contribution in [0.5, 0.6) is 0 Å². The molecule has 1 aromatic heterocycles. The van der Waals surface area contributed by atoms with Gasteiger partial charge in [-0.15, -0.1) is 0 Å². The molecule has 0 aliphatic heterocycles. The summed E-state index contributed by atoms with van der Waals surface area (Å²) in [7, 11) is 0. The predicted octanol–water partition coefficient (Wildman–Crippen LogP) is 1.30. The van der Waals surface area contributed by atoms with Crippen LogP contribution in [0.2, 0.25) is 0 Å². The van der Waals surface area contributed by atoms with Crippen molar-refractivity contribution < 1.29 is 0 Å². The second kappa shape index (κ2) is 3.84. The lowest BCUT2D eigenvalue weighted by atomic mass is 10.1. The van der Waals surface area contributed by atoms with E-state index in [1.807, 2.05) is 25.1 Å². The van der Waals surface area contributed by atoms with Gasteiger partial charge in [0.2, 0.25) is 0 Å². The predicted molar refractivity (Wildman–Crippen MR) is 46.1 cm³/mol. The quantitative estimate of drug-likeness (QED) is 0.711. The second-order valence-electron chi connectivity index (χ2n) is 2.73. The minimum atomic E-state index is -0.255. The lowest BCUT2D eigenvalue weighted by Crippen LogP contribution is -2.10. The summed E-state index contributed by atoms with van der Waals surface area (Å²) in [5, 5.41) is 8.41. The van der Waals surface area contributed by atoms with E-state index in [4.69, 9.17) is 11.0 Å². The Hall–Kier alpha value is -1.40. The molecule has 0 saturated carbocycles. The Morgan fingerprint density at radius 1 is 1.75 bits per heavy atom. The summed E-state index contributed by atoms with van der Waals surface area (Å²) in [6.07, 6.45) is 2.03. The maximum Gasteiger partial charge on any atom is 0.0642 e. The highest BCUT2D eigenvalue weighted by Gasteiger charge is 2.05. The first kappa shape index (κ1) is 8.69. The molecule has 12 heavy (non-hydrogen) atoms. The van der Waals surface area contributed by atoms with Crippen molar-refractivity contribution in [3.8, 4) is 6.07 Å². The third-order valence-corrected chi connectivity index (χ3v) is 1.63. The van der Waals surface area contributed by atoms with Gasteiger partial charge in [-0.2, -0.15) is 5.26 Å². The van der Waals surface area contributed by atoms with Crippen molar-refractivity contribution in [2.24, 2.45) is 5.73 Å². The van der Waals surface area contributed by atoms with Crippen LogP contribution < -0.4 is 5.73 Å². The van der Waals surface area contributed by atoms with Crippen LogP contribution in [0.1, 0.15) is 23.7 Å². The summed E-state index contributed by atoms with van der Waals surface area (Å²) >= 11 is 0. The zero-order valence-corrected chi connectivity index (χ0v) is 6.99. The summed E-state index contributed by atoms with van der Waals surface area (Å²) in [4.78, 5) is 4.08. The van der Waals surface area contributed by atoms with Crippen LogP contribution in [0.4, 0.5) is 0 Å². The number of aryl methyl sites for hydroxylation is 1. The Morgan fingerprint density at radius 3 is 3.08 bits per heavy atom. The van der Waals surface area contributed by atoms with Crippen molar-refractivity contribution >= 4 is 0 Å². The fourth-order valence-electron chi connectivity index (χ4n) is 0.965. The Labute approximate surface area is 71.8 Å². The van der Waals surface area contributed by atoms with Crippen LogP contribution in [0.15, 0.2) is 18.3 Å². The number of aromatic nitrogens is 1. The highest BCUT2D eigenvalue weighted by Crippen LogP contribution is 2.11. The van der Waals surface area contributed by atoms with Gasteiger partial charge < -0.3 is 5.73 Å². The Morgan fingerprint density at radius 2 is 2.50 bits per heavy atom. The average Bonchev–Trinajstić information content (AvgIpc) is 2.05. The van der Waals surface area contributed by atoms with Gasteiger partial charge in [-0.05, 0) is 24.6 Å². The van der Waals surface area contributed by atoms with Crippen molar-refractivity contribution in [2.45, 2.75) is 19.4 Å². The van der Waals surface area contributed by atoms with Crippen LogP contribution >= 0.6 is 0 Å². The molecular formula is C9H11N3. The summed E-state index contributed by atoms with van der Waals surface area (Å²) < 4.78 is 0. The maximum absolute atomic E-state index is 8.41. The Balaban J connectivity index is 2.82. The molecule has 3 heteroatoms. The molecular weight excluding hydrogens is 150 g/mol. The molecule has 0 fully saturated rings. The van der Waals surface area contributed by atoms with Crippen molar-refractivity contribution in [1.29, 1.82) is 5.26 Å². The van der Waals surface area contributed by atoms with Gasteiger partial charge in [-0.3, -0.25) is 4.98 Å². The number of rotatable bonds is 2. The largest absolute Gasteiger partial charge is 0.322 e. The van der Waals surface area contributed by atoms with E-state index in [1.54, 1.807) is 6.20 Å². The summed E-state index contributed by atoms with van der Waals surface area (Å²) in [6, 6.07) is 5.58. The van der Waals surface area contributed by atoms with E-state index < -0.39 is 0 Å². The molecule has 3 nitrogen and oxygen atoms in total. The molecule has 0 saturated heterocycles. The fourth-order valence-corrected chi connectivity index (χ4v) is 0.965. The molecule has 1 atom stereocenters. The first-order chi connectivity index (χ1) is 5.74. The zero-order valence-electron chi connectivity index (χ0n) is 6.99. The molecule has 1 heterocycles. The van der Waals surface area contributed by atoms with Crippen LogP contribution in [-0.4, -0.2) is 4.98 Å². The number of hydrogen-bond acceptors (Lipinski definition) is 3. The molecule has 0 spiro atoms. The third-order valence-electron chi connectivity index (χ3n) is 1.63. The van der Waals surface area contributed by atoms with Crippen molar-refractivity contribution in [3.05, 3.63) is 29.6 Å². The van der Waals surface area contributed by atoms with E-state index in [0.717, 1.165) is 11.3 Å². The van der Waals surface area contributed by atoms with Crippen molar-refractivity contribution in [2.75, 3.05) is 0 Å². The van der Waals surface area contributed by atoms with Gasteiger partial charge in [0.05, 0.1) is 24.2 Å². The van der Waals surface area contributed by atoms with Gasteiger partial charge in [0, 0.05) is 6.20 Å². The third kappa shape index (κ3) is 2.04. The molecule has 1 rings (SSSR count). The van der Waals surface area contributed by atoms with Crippen molar-refractivity contribution in [3.63, 3.8) is 0 Å². The van der Waals surface area contributed by atoms with E-state index in [0.29, 0.717) is 6.42 Å². The zero-order chi connectivity index (χ0) is 8.97. The van der Waals surface area contributed by atoms with E-state index in [-0.39, 0.29) is 6.04 Å². The molecule has 0 aromatic carbocycles. The molecule has 62 valence electrons. The van der Waals surface area contributed by atoms with Crippen LogP contribution in [0.25, 0.3) is 0 Å². The Bertz CT molecular complexity index is 301. The fraction of sp³-hybridized carbons (Fsp3) is 0.333. The summed E-state index contributed by atoms with van der Waals surface area (Å²) in [6.45, 7) is 1.98. The Kier molecular flexibility index (Phi) is 2.78. The van der Waals surface area contributed by atoms with Crippen LogP contribution in [0, 0.1) is 18.3 Å². The summed E-state index contributed by atoms with van der Waals surface area (Å²) in [5.74, 6) is 0. The first-order valence-electron chi connectivity index (χ1n) is 3.79. The molecule has 0 radical (unpaired) electrons.